The normalized spacial score (nSPS) is 17.0. The van der Waals surface area contributed by atoms with Gasteiger partial charge in [0.05, 0.1) is 5.69 Å². The van der Waals surface area contributed by atoms with Gasteiger partial charge in [-0.15, -0.1) is 0 Å². The van der Waals surface area contributed by atoms with Gasteiger partial charge in [-0.3, -0.25) is 4.98 Å². The molecule has 0 spiro atoms. The molecule has 0 unspecified atom stereocenters. The first-order valence-electron chi connectivity index (χ1n) is 15.6. The van der Waals surface area contributed by atoms with Crippen molar-refractivity contribution in [2.75, 3.05) is 0 Å². The molecule has 0 aliphatic heterocycles. The molecule has 47 heavy (non-hydrogen) atoms. The third-order valence-corrected chi connectivity index (χ3v) is 8.63. The second-order valence-corrected chi connectivity index (χ2v) is 11.9. The van der Waals surface area contributed by atoms with Crippen molar-refractivity contribution >= 4 is 6.08 Å². The Labute approximate surface area is 268 Å². The fourth-order valence-electron chi connectivity index (χ4n) is 6.06. The molecular formula is C37H33F8NO. The highest BCUT2D eigenvalue weighted by Crippen LogP contribution is 2.38. The van der Waals surface area contributed by atoms with E-state index in [4.69, 9.17) is 0 Å². The molecule has 10 heteroatoms. The summed E-state index contributed by atoms with van der Waals surface area (Å²) in [5.74, 6) is -8.53. The van der Waals surface area contributed by atoms with Crippen LogP contribution in [0.3, 0.4) is 0 Å². The van der Waals surface area contributed by atoms with Gasteiger partial charge in [0.15, 0.2) is 17.5 Å². The molecule has 248 valence electrons. The van der Waals surface area contributed by atoms with Crippen LogP contribution in [0.5, 0.6) is 5.75 Å². The fourth-order valence-corrected chi connectivity index (χ4v) is 6.06. The van der Waals surface area contributed by atoms with Gasteiger partial charge < -0.3 is 4.74 Å². The molecule has 0 radical (unpaired) electrons. The average molecular weight is 660 g/mol. The number of aromatic nitrogens is 1. The van der Waals surface area contributed by atoms with Gasteiger partial charge in [0.2, 0.25) is 0 Å². The number of halogens is 8. The van der Waals surface area contributed by atoms with Crippen molar-refractivity contribution in [2.45, 2.75) is 70.3 Å². The smallest absolute Gasteiger partial charge is 0.419 e. The monoisotopic (exact) mass is 659 g/mol. The number of rotatable bonds is 11. The van der Waals surface area contributed by atoms with Crippen LogP contribution < -0.4 is 4.74 Å². The number of hydrogen-bond acceptors (Lipinski definition) is 2. The van der Waals surface area contributed by atoms with Crippen LogP contribution in [0.25, 0.3) is 28.5 Å². The Morgan fingerprint density at radius 3 is 2.02 bits per heavy atom. The van der Waals surface area contributed by atoms with Crippen LogP contribution in [0, 0.1) is 40.8 Å². The lowest BCUT2D eigenvalue weighted by Crippen LogP contribution is -2.21. The van der Waals surface area contributed by atoms with Crippen LogP contribution in [0.2, 0.25) is 0 Å². The predicted molar refractivity (Wildman–Crippen MR) is 165 cm³/mol. The molecule has 0 N–H and O–H groups in total. The summed E-state index contributed by atoms with van der Waals surface area (Å²) in [6.45, 7) is 2.21. The number of benzene rings is 3. The zero-order valence-electron chi connectivity index (χ0n) is 25.6. The van der Waals surface area contributed by atoms with Crippen LogP contribution in [0.15, 0.2) is 66.9 Å². The first-order valence-corrected chi connectivity index (χ1v) is 15.6. The van der Waals surface area contributed by atoms with Gasteiger partial charge in [0.1, 0.15) is 23.2 Å². The van der Waals surface area contributed by atoms with Crippen molar-refractivity contribution in [2.24, 2.45) is 5.92 Å². The van der Waals surface area contributed by atoms with E-state index in [1.165, 1.54) is 50.7 Å². The summed E-state index contributed by atoms with van der Waals surface area (Å²) in [5, 5.41) is 0. The number of hydrogen-bond donors (Lipinski definition) is 0. The van der Waals surface area contributed by atoms with Crippen LogP contribution in [-0.4, -0.2) is 11.1 Å². The minimum absolute atomic E-state index is 0.0411. The van der Waals surface area contributed by atoms with Gasteiger partial charge in [0.25, 0.3) is 0 Å². The summed E-state index contributed by atoms with van der Waals surface area (Å²) in [5.41, 5.74) is 0.986. The van der Waals surface area contributed by atoms with Crippen molar-refractivity contribution in [1.29, 1.82) is 0 Å². The van der Waals surface area contributed by atoms with Crippen molar-refractivity contribution in [1.82, 2.24) is 4.98 Å². The largest absolute Gasteiger partial charge is 0.429 e. The summed E-state index contributed by atoms with van der Waals surface area (Å²) in [6.07, 6.45) is 7.64. The molecule has 2 nitrogen and oxygen atoms in total. The Morgan fingerprint density at radius 2 is 1.43 bits per heavy atom. The minimum Gasteiger partial charge on any atom is -0.429 e. The van der Waals surface area contributed by atoms with E-state index < -0.39 is 52.3 Å². The SMILES string of the molecule is CCCCCC1CCC(c2ccc(-c3ccc(-c4cc(F)c(/C=C/C(F)(F)Oc5cc(F)c(F)c(F)c5)c(F)c4)c(F)c3)nc2)CC1. The minimum atomic E-state index is -4.28. The lowest BCUT2D eigenvalue weighted by Gasteiger charge is -2.28. The maximum atomic E-state index is 15.2. The zero-order chi connectivity index (χ0) is 33.7. The molecule has 1 aromatic heterocycles. The van der Waals surface area contributed by atoms with Gasteiger partial charge in [-0.05, 0) is 79.0 Å². The third kappa shape index (κ3) is 8.39. The van der Waals surface area contributed by atoms with Crippen LogP contribution in [0.4, 0.5) is 35.1 Å². The molecule has 0 amide bonds. The molecule has 0 bridgehead atoms. The van der Waals surface area contributed by atoms with E-state index >= 15 is 4.39 Å². The van der Waals surface area contributed by atoms with E-state index in [9.17, 15) is 30.7 Å². The second kappa shape index (κ2) is 14.7. The lowest BCUT2D eigenvalue weighted by molar-refractivity contribution is -0.131. The molecule has 1 saturated carbocycles. The van der Waals surface area contributed by atoms with Crippen LogP contribution >= 0.6 is 0 Å². The van der Waals surface area contributed by atoms with Crippen LogP contribution in [-0.2, 0) is 0 Å². The predicted octanol–water partition coefficient (Wildman–Crippen LogP) is 11.8. The Kier molecular flexibility index (Phi) is 10.7. The first-order chi connectivity index (χ1) is 22.4. The Bertz CT molecular complexity index is 1680. The van der Waals surface area contributed by atoms with E-state index in [0.717, 1.165) is 36.5 Å². The number of nitrogens with zero attached hydrogens (tertiary/aromatic N) is 1. The summed E-state index contributed by atoms with van der Waals surface area (Å²) < 4.78 is 117. The molecule has 1 fully saturated rings. The second-order valence-electron chi connectivity index (χ2n) is 11.9. The van der Waals surface area contributed by atoms with Crippen molar-refractivity contribution < 1.29 is 39.9 Å². The summed E-state index contributed by atoms with van der Waals surface area (Å²) in [6, 6.07) is 9.95. The molecule has 1 heterocycles. The van der Waals surface area contributed by atoms with Gasteiger partial charge in [-0.1, -0.05) is 50.8 Å². The first kappa shape index (κ1) is 34.1. The number of ether oxygens (including phenoxy) is 1. The Balaban J connectivity index is 1.26. The summed E-state index contributed by atoms with van der Waals surface area (Å²) in [7, 11) is 0. The van der Waals surface area contributed by atoms with Gasteiger partial charge in [-0.25, -0.2) is 26.3 Å². The third-order valence-electron chi connectivity index (χ3n) is 8.63. The van der Waals surface area contributed by atoms with Gasteiger partial charge >= 0.3 is 6.11 Å². The number of unbranched alkanes of at least 4 members (excludes halogenated alkanes) is 2. The summed E-state index contributed by atoms with van der Waals surface area (Å²) in [4.78, 5) is 4.55. The van der Waals surface area contributed by atoms with Crippen molar-refractivity contribution in [3.05, 3.63) is 113 Å². The van der Waals surface area contributed by atoms with E-state index in [-0.39, 0.29) is 29.3 Å². The summed E-state index contributed by atoms with van der Waals surface area (Å²) >= 11 is 0. The number of alkyl halides is 2. The highest BCUT2D eigenvalue weighted by Gasteiger charge is 2.29. The lowest BCUT2D eigenvalue weighted by atomic mass is 9.77. The van der Waals surface area contributed by atoms with E-state index in [0.29, 0.717) is 23.3 Å². The highest BCUT2D eigenvalue weighted by atomic mass is 19.3. The Hall–Kier alpha value is -4.21. The molecular weight excluding hydrogens is 626 g/mol. The average Bonchev–Trinajstić information content (AvgIpc) is 3.03. The highest BCUT2D eigenvalue weighted by molar-refractivity contribution is 5.71. The van der Waals surface area contributed by atoms with Crippen molar-refractivity contribution in [3.8, 4) is 28.1 Å². The van der Waals surface area contributed by atoms with E-state index in [1.54, 1.807) is 6.07 Å². The zero-order valence-corrected chi connectivity index (χ0v) is 25.6. The molecule has 1 aliphatic rings. The Morgan fingerprint density at radius 1 is 0.766 bits per heavy atom. The molecule has 1 aliphatic carbocycles. The molecule has 0 atom stereocenters. The van der Waals surface area contributed by atoms with Crippen LogP contribution in [0.1, 0.15) is 75.3 Å². The fraction of sp³-hybridized carbons (Fsp3) is 0.324. The standard InChI is InChI=1S/C37H33F8NO/c1-2-3-4-5-22-6-8-23(9-7-22)25-11-13-35(46-21-25)24-10-12-28(30(38)16-24)26-17-31(39)29(32(40)18-26)14-15-37(44,45)47-27-19-33(41)36(43)34(42)20-27/h10-23H,2-9H2,1H3/b15-14+. The molecule has 4 aromatic rings. The van der Waals surface area contributed by atoms with Crippen molar-refractivity contribution in [3.63, 3.8) is 0 Å². The quantitative estimate of drug-likeness (QED) is 0.0908. The van der Waals surface area contributed by atoms with Gasteiger partial charge in [0, 0.05) is 41.1 Å². The van der Waals surface area contributed by atoms with E-state index in [2.05, 4.69) is 16.6 Å². The molecule has 0 saturated heterocycles. The maximum absolute atomic E-state index is 15.2. The topological polar surface area (TPSA) is 22.1 Å². The molecule has 5 rings (SSSR count). The maximum Gasteiger partial charge on any atom is 0.419 e. The van der Waals surface area contributed by atoms with Gasteiger partial charge in [-0.2, -0.15) is 8.78 Å². The molecule has 3 aromatic carbocycles. The number of pyridine rings is 1. The van der Waals surface area contributed by atoms with E-state index in [1.807, 2.05) is 18.3 Å².